The van der Waals surface area contributed by atoms with Gasteiger partial charge >= 0.3 is 0 Å². The van der Waals surface area contributed by atoms with Crippen molar-refractivity contribution < 1.29 is 5.11 Å². The number of hydrogen-bond donors (Lipinski definition) is 2. The average Bonchev–Trinajstić information content (AvgIpc) is 3.12. The fourth-order valence-corrected chi connectivity index (χ4v) is 3.95. The zero-order valence-electron chi connectivity index (χ0n) is 15.7. The fraction of sp³-hybridized carbons (Fsp3) is 0.125. The molecule has 0 saturated heterocycles. The van der Waals surface area contributed by atoms with Crippen molar-refractivity contribution in [2.75, 3.05) is 6.61 Å². The van der Waals surface area contributed by atoms with Crippen LogP contribution in [0.15, 0.2) is 77.8 Å². The minimum Gasteiger partial charge on any atom is -0.396 e. The van der Waals surface area contributed by atoms with E-state index < -0.39 is 0 Å². The Morgan fingerprint density at radius 3 is 2.39 bits per heavy atom. The summed E-state index contributed by atoms with van der Waals surface area (Å²) in [4.78, 5) is 8.63. The molecule has 3 aromatic carbocycles. The number of para-hydroxylation sites is 2. The largest absolute Gasteiger partial charge is 0.396 e. The third-order valence-corrected chi connectivity index (χ3v) is 5.36. The second-order valence-electron chi connectivity index (χ2n) is 7.07. The maximum Gasteiger partial charge on any atom is 0.120 e. The highest BCUT2D eigenvalue weighted by molar-refractivity contribution is 6.09. The summed E-state index contributed by atoms with van der Waals surface area (Å²) in [6, 6.07) is 24.9. The highest BCUT2D eigenvalue weighted by Gasteiger charge is 2.12. The molecule has 0 bridgehead atoms. The summed E-state index contributed by atoms with van der Waals surface area (Å²) in [6.45, 7) is 0.159. The van der Waals surface area contributed by atoms with Gasteiger partial charge in [-0.3, -0.25) is 0 Å². The van der Waals surface area contributed by atoms with E-state index in [-0.39, 0.29) is 6.61 Å². The predicted molar refractivity (Wildman–Crippen MR) is 115 cm³/mol. The predicted octanol–water partition coefficient (Wildman–Crippen LogP) is 4.58. The normalized spacial score (nSPS) is 12.4. The molecule has 0 spiro atoms. The molecule has 4 heteroatoms. The lowest BCUT2D eigenvalue weighted by Gasteiger charge is -2.09. The Hall–Kier alpha value is -3.37. The summed E-state index contributed by atoms with van der Waals surface area (Å²) in [6.07, 6.45) is 0.664. The lowest BCUT2D eigenvalue weighted by Crippen LogP contribution is -2.10. The molecular weight excluding hydrogens is 346 g/mol. The molecule has 0 aliphatic rings. The van der Waals surface area contributed by atoms with E-state index in [4.69, 9.17) is 10.1 Å². The number of rotatable bonds is 3. The highest BCUT2D eigenvalue weighted by atomic mass is 16.2. The molecule has 0 atom stereocenters. The third kappa shape index (κ3) is 2.62. The van der Waals surface area contributed by atoms with E-state index in [0.29, 0.717) is 6.42 Å². The van der Waals surface area contributed by atoms with Crippen LogP contribution >= 0.6 is 0 Å². The molecule has 138 valence electrons. The van der Waals surface area contributed by atoms with Crippen molar-refractivity contribution >= 4 is 38.5 Å². The molecule has 0 unspecified atom stereocenters. The Morgan fingerprint density at radius 1 is 0.893 bits per heavy atom. The fourth-order valence-electron chi connectivity index (χ4n) is 3.95. The van der Waals surface area contributed by atoms with Crippen molar-refractivity contribution in [3.63, 3.8) is 0 Å². The zero-order chi connectivity index (χ0) is 19.1. The summed E-state index contributed by atoms with van der Waals surface area (Å²) >= 11 is 0. The van der Waals surface area contributed by atoms with Gasteiger partial charge in [0.15, 0.2) is 0 Å². The van der Waals surface area contributed by atoms with Gasteiger partial charge < -0.3 is 14.7 Å². The molecule has 0 saturated carbocycles. The first-order valence-electron chi connectivity index (χ1n) is 9.49. The Morgan fingerprint density at radius 2 is 1.61 bits per heavy atom. The number of fused-ring (bicyclic) bond motifs is 4. The van der Waals surface area contributed by atoms with Crippen molar-refractivity contribution in [2.45, 2.75) is 6.42 Å². The van der Waals surface area contributed by atoms with E-state index in [2.05, 4.69) is 59.1 Å². The number of H-pyrrole nitrogens is 1. The number of aliphatic hydroxyl groups excluding tert-OH is 1. The number of hydrogen-bond acceptors (Lipinski definition) is 2. The van der Waals surface area contributed by atoms with Crippen molar-refractivity contribution in [1.82, 2.24) is 9.55 Å². The van der Waals surface area contributed by atoms with Crippen LogP contribution in [-0.2, 0) is 13.5 Å². The van der Waals surface area contributed by atoms with Gasteiger partial charge in [0.25, 0.3) is 0 Å². The summed E-state index contributed by atoms with van der Waals surface area (Å²) < 4.78 is 2.20. The van der Waals surface area contributed by atoms with E-state index in [1.54, 1.807) is 0 Å². The number of aryl methyl sites for hydroxylation is 1. The lowest BCUT2D eigenvalue weighted by atomic mass is 10.1. The molecule has 4 nitrogen and oxygen atoms in total. The lowest BCUT2D eigenvalue weighted by molar-refractivity contribution is 0.299. The maximum absolute atomic E-state index is 9.13. The van der Waals surface area contributed by atoms with E-state index in [0.717, 1.165) is 44.1 Å². The van der Waals surface area contributed by atoms with Gasteiger partial charge in [-0.1, -0.05) is 48.5 Å². The molecule has 2 aromatic heterocycles. The van der Waals surface area contributed by atoms with Crippen LogP contribution in [0.1, 0.15) is 5.56 Å². The Bertz CT molecular complexity index is 1370. The van der Waals surface area contributed by atoms with E-state index in [1.165, 1.54) is 5.39 Å². The third-order valence-electron chi connectivity index (χ3n) is 5.36. The van der Waals surface area contributed by atoms with Crippen LogP contribution in [0.25, 0.3) is 32.8 Å². The first-order valence-corrected chi connectivity index (χ1v) is 9.49. The van der Waals surface area contributed by atoms with Gasteiger partial charge in [0.1, 0.15) is 5.65 Å². The van der Waals surface area contributed by atoms with Gasteiger partial charge in [-0.15, -0.1) is 0 Å². The van der Waals surface area contributed by atoms with Crippen LogP contribution in [0.4, 0.5) is 5.69 Å². The Balaban J connectivity index is 1.91. The molecule has 28 heavy (non-hydrogen) atoms. The number of aromatic nitrogens is 2. The highest BCUT2D eigenvalue weighted by Crippen LogP contribution is 2.26. The maximum atomic E-state index is 9.13. The zero-order valence-corrected chi connectivity index (χ0v) is 15.7. The number of aliphatic hydroxyl groups is 1. The second-order valence-corrected chi connectivity index (χ2v) is 7.07. The van der Waals surface area contributed by atoms with Crippen molar-refractivity contribution in [2.24, 2.45) is 12.0 Å². The summed E-state index contributed by atoms with van der Waals surface area (Å²) in [5.74, 6) is 0. The average molecular weight is 367 g/mol. The molecule has 0 aliphatic heterocycles. The van der Waals surface area contributed by atoms with Gasteiger partial charge in [-0.05, 0) is 36.2 Å². The number of pyridine rings is 1. The van der Waals surface area contributed by atoms with Crippen LogP contribution in [0.2, 0.25) is 0 Å². The Kier molecular flexibility index (Phi) is 3.99. The van der Waals surface area contributed by atoms with Gasteiger partial charge in [-0.25, -0.2) is 4.99 Å². The van der Waals surface area contributed by atoms with Crippen LogP contribution in [-0.4, -0.2) is 21.3 Å². The molecule has 5 aromatic rings. The summed E-state index contributed by atoms with van der Waals surface area (Å²) in [5, 5.41) is 13.6. The minimum absolute atomic E-state index is 0.159. The van der Waals surface area contributed by atoms with Gasteiger partial charge in [0, 0.05) is 29.9 Å². The summed E-state index contributed by atoms with van der Waals surface area (Å²) in [5.41, 5.74) is 5.33. The van der Waals surface area contributed by atoms with E-state index >= 15 is 0 Å². The van der Waals surface area contributed by atoms with Gasteiger partial charge in [-0.2, -0.15) is 0 Å². The molecule has 0 aliphatic carbocycles. The number of benzene rings is 3. The first-order chi connectivity index (χ1) is 13.8. The van der Waals surface area contributed by atoms with Crippen LogP contribution < -0.4 is 5.36 Å². The van der Waals surface area contributed by atoms with Gasteiger partial charge in [0.2, 0.25) is 0 Å². The van der Waals surface area contributed by atoms with E-state index in [9.17, 15) is 0 Å². The first kappa shape index (κ1) is 16.8. The molecule has 0 radical (unpaired) electrons. The van der Waals surface area contributed by atoms with Crippen molar-refractivity contribution in [3.05, 3.63) is 83.7 Å². The Labute approximate surface area is 162 Å². The molecule has 5 rings (SSSR count). The molecule has 0 amide bonds. The standard InChI is InChI=1S/C24H21N3O/c1-27-21-9-5-3-7-19(21)23(25-17-12-10-16(11-13-17)14-15-28)22-18-6-2-4-8-20(18)26-24(22)27/h2-13,26,28H,14-15H2,1H3. The summed E-state index contributed by atoms with van der Waals surface area (Å²) in [7, 11) is 2.09. The second kappa shape index (κ2) is 6.66. The number of aromatic amines is 1. The van der Waals surface area contributed by atoms with Gasteiger partial charge in [0.05, 0.1) is 21.9 Å². The number of nitrogens with one attached hydrogen (secondary N) is 1. The smallest absolute Gasteiger partial charge is 0.120 e. The molecular formula is C24H21N3O. The van der Waals surface area contributed by atoms with Crippen LogP contribution in [0.3, 0.4) is 0 Å². The minimum atomic E-state index is 0.159. The quantitative estimate of drug-likeness (QED) is 0.482. The SMILES string of the molecule is Cn1c2ccccc2c(=Nc2ccc(CCO)cc2)c2c3ccccc3[nH]c21. The molecule has 0 fully saturated rings. The van der Waals surface area contributed by atoms with Crippen LogP contribution in [0, 0.1) is 0 Å². The van der Waals surface area contributed by atoms with E-state index in [1.807, 2.05) is 30.3 Å². The van der Waals surface area contributed by atoms with Crippen molar-refractivity contribution in [1.29, 1.82) is 0 Å². The monoisotopic (exact) mass is 367 g/mol. The molecule has 2 N–H and O–H groups in total. The van der Waals surface area contributed by atoms with Crippen LogP contribution in [0.5, 0.6) is 0 Å². The molecule has 2 heterocycles. The topological polar surface area (TPSA) is 53.3 Å². The van der Waals surface area contributed by atoms with Crippen molar-refractivity contribution in [3.8, 4) is 0 Å². The number of nitrogens with zero attached hydrogens (tertiary/aromatic N) is 2.